The molecule has 1 heterocycles. The molecular weight excluding hydrogens is 182 g/mol. The normalized spacial score (nSPS) is 37.5. The smallest absolute Gasteiger partial charge is 0.0532 e. The van der Waals surface area contributed by atoms with Crippen molar-refractivity contribution < 1.29 is 0 Å². The molecule has 1 heteroatoms. The second-order valence-corrected chi connectivity index (χ2v) is 6.23. The van der Waals surface area contributed by atoms with Crippen LogP contribution in [0.4, 0.5) is 0 Å². The first-order valence-corrected chi connectivity index (χ1v) is 5.89. The molecule has 0 N–H and O–H groups in total. The highest BCUT2D eigenvalue weighted by Crippen LogP contribution is 2.58. The minimum Gasteiger partial charge on any atom is -0.292 e. The van der Waals surface area contributed by atoms with Crippen LogP contribution in [0.15, 0.2) is 24.3 Å². The Labute approximate surface area is 93.9 Å². The minimum atomic E-state index is 0.171. The third-order valence-electron chi connectivity index (χ3n) is 4.46. The average molecular weight is 205 g/mol. The van der Waals surface area contributed by atoms with Crippen LogP contribution in [0, 0.1) is 11.3 Å². The standard InChI is InChI=1S/C14H23N/c1-10-9-15(6)14(13(3,4)5)11(2)7-8-12(10)14/h12H,1-2,7-9H2,3-6H3. The van der Waals surface area contributed by atoms with Gasteiger partial charge < -0.3 is 0 Å². The van der Waals surface area contributed by atoms with Crippen LogP contribution in [0.25, 0.3) is 0 Å². The van der Waals surface area contributed by atoms with E-state index in [1.54, 1.807) is 0 Å². The van der Waals surface area contributed by atoms with Crippen molar-refractivity contribution in [2.24, 2.45) is 11.3 Å². The summed E-state index contributed by atoms with van der Waals surface area (Å²) < 4.78 is 0. The van der Waals surface area contributed by atoms with Gasteiger partial charge in [0.1, 0.15) is 0 Å². The van der Waals surface area contributed by atoms with E-state index >= 15 is 0 Å². The number of nitrogens with zero attached hydrogens (tertiary/aromatic N) is 1. The van der Waals surface area contributed by atoms with Crippen LogP contribution in [0.1, 0.15) is 33.6 Å². The van der Waals surface area contributed by atoms with E-state index in [-0.39, 0.29) is 11.0 Å². The SMILES string of the molecule is C=C1CN(C)C2(C(C)(C)C)C(=C)CCC12. The molecule has 84 valence electrons. The van der Waals surface area contributed by atoms with Crippen LogP contribution < -0.4 is 0 Å². The van der Waals surface area contributed by atoms with Gasteiger partial charge in [0.25, 0.3) is 0 Å². The largest absolute Gasteiger partial charge is 0.292 e. The van der Waals surface area contributed by atoms with E-state index in [1.807, 2.05) is 0 Å². The molecule has 1 aliphatic heterocycles. The first-order chi connectivity index (χ1) is 6.81. The van der Waals surface area contributed by atoms with Crippen molar-refractivity contribution in [3.05, 3.63) is 24.3 Å². The molecule has 1 aliphatic carbocycles. The molecule has 0 amide bonds. The van der Waals surface area contributed by atoms with Crippen LogP contribution >= 0.6 is 0 Å². The zero-order valence-corrected chi connectivity index (χ0v) is 10.6. The summed E-state index contributed by atoms with van der Waals surface area (Å²) >= 11 is 0. The zero-order chi connectivity index (χ0) is 11.4. The molecule has 0 aromatic heterocycles. The maximum atomic E-state index is 4.34. The van der Waals surface area contributed by atoms with Gasteiger partial charge in [-0.1, -0.05) is 45.1 Å². The van der Waals surface area contributed by atoms with Gasteiger partial charge in [0.15, 0.2) is 0 Å². The Balaban J connectivity index is 2.56. The van der Waals surface area contributed by atoms with E-state index in [2.05, 4.69) is 45.9 Å². The Bertz CT molecular complexity index is 321. The van der Waals surface area contributed by atoms with Gasteiger partial charge in [0.2, 0.25) is 0 Å². The average Bonchev–Trinajstić information content (AvgIpc) is 2.52. The highest BCUT2D eigenvalue weighted by Gasteiger charge is 2.59. The van der Waals surface area contributed by atoms with Crippen LogP contribution in [-0.2, 0) is 0 Å². The maximum absolute atomic E-state index is 4.34. The van der Waals surface area contributed by atoms with Crippen molar-refractivity contribution >= 4 is 0 Å². The molecule has 2 fully saturated rings. The van der Waals surface area contributed by atoms with E-state index in [0.29, 0.717) is 5.92 Å². The van der Waals surface area contributed by atoms with E-state index in [1.165, 1.54) is 24.0 Å². The highest BCUT2D eigenvalue weighted by molar-refractivity contribution is 5.38. The fraction of sp³-hybridized carbons (Fsp3) is 0.714. The van der Waals surface area contributed by atoms with Gasteiger partial charge in [-0.3, -0.25) is 4.90 Å². The molecule has 1 saturated carbocycles. The first-order valence-electron chi connectivity index (χ1n) is 5.89. The number of hydrogen-bond acceptors (Lipinski definition) is 1. The number of rotatable bonds is 0. The molecule has 0 spiro atoms. The lowest BCUT2D eigenvalue weighted by molar-refractivity contribution is 0.0634. The molecule has 2 atom stereocenters. The van der Waals surface area contributed by atoms with Crippen molar-refractivity contribution in [2.75, 3.05) is 13.6 Å². The van der Waals surface area contributed by atoms with Gasteiger partial charge in [-0.25, -0.2) is 0 Å². The van der Waals surface area contributed by atoms with Crippen LogP contribution in [0.3, 0.4) is 0 Å². The van der Waals surface area contributed by atoms with Crippen molar-refractivity contribution in [3.8, 4) is 0 Å². The van der Waals surface area contributed by atoms with Crippen molar-refractivity contribution in [3.63, 3.8) is 0 Å². The lowest BCUT2D eigenvalue weighted by Crippen LogP contribution is -2.54. The number of likely N-dealkylation sites (N-methyl/N-ethyl adjacent to an activating group) is 1. The summed E-state index contributed by atoms with van der Waals surface area (Å²) in [6, 6.07) is 0. The van der Waals surface area contributed by atoms with Gasteiger partial charge in [0.05, 0.1) is 5.54 Å². The fourth-order valence-corrected chi connectivity index (χ4v) is 4.17. The van der Waals surface area contributed by atoms with Gasteiger partial charge in [-0.05, 0) is 25.3 Å². The van der Waals surface area contributed by atoms with Crippen molar-refractivity contribution in [1.82, 2.24) is 4.90 Å². The summed E-state index contributed by atoms with van der Waals surface area (Å²) in [5.41, 5.74) is 3.25. The Hall–Kier alpha value is -0.560. The first kappa shape index (κ1) is 10.9. The fourth-order valence-electron chi connectivity index (χ4n) is 4.17. The quantitative estimate of drug-likeness (QED) is 0.549. The summed E-state index contributed by atoms with van der Waals surface area (Å²) in [6.07, 6.45) is 2.42. The van der Waals surface area contributed by atoms with Crippen molar-refractivity contribution in [2.45, 2.75) is 39.2 Å². The minimum absolute atomic E-state index is 0.171. The highest BCUT2D eigenvalue weighted by atomic mass is 15.2. The Kier molecular flexibility index (Phi) is 2.17. The number of hydrogen-bond donors (Lipinski definition) is 0. The van der Waals surface area contributed by atoms with Gasteiger partial charge in [-0.2, -0.15) is 0 Å². The maximum Gasteiger partial charge on any atom is 0.0532 e. The summed E-state index contributed by atoms with van der Waals surface area (Å²) in [7, 11) is 2.23. The lowest BCUT2D eigenvalue weighted by Gasteiger charge is -2.48. The molecule has 15 heavy (non-hydrogen) atoms. The van der Waals surface area contributed by atoms with E-state index in [0.717, 1.165) is 6.54 Å². The Morgan fingerprint density at radius 3 is 2.40 bits per heavy atom. The third-order valence-corrected chi connectivity index (χ3v) is 4.46. The number of fused-ring (bicyclic) bond motifs is 1. The second-order valence-electron chi connectivity index (χ2n) is 6.23. The Morgan fingerprint density at radius 1 is 1.33 bits per heavy atom. The summed E-state index contributed by atoms with van der Waals surface area (Å²) in [5, 5.41) is 0. The summed E-state index contributed by atoms with van der Waals surface area (Å²) in [4.78, 5) is 2.48. The molecule has 0 aromatic rings. The predicted octanol–water partition coefficient (Wildman–Crippen LogP) is 3.24. The van der Waals surface area contributed by atoms with Crippen LogP contribution in [0.2, 0.25) is 0 Å². The van der Waals surface area contributed by atoms with Gasteiger partial charge >= 0.3 is 0 Å². The molecule has 1 saturated heterocycles. The molecule has 2 aliphatic rings. The summed E-state index contributed by atoms with van der Waals surface area (Å²) in [6.45, 7) is 16.7. The molecule has 0 aromatic carbocycles. The predicted molar refractivity (Wildman–Crippen MR) is 65.8 cm³/mol. The molecule has 1 nitrogen and oxygen atoms in total. The molecular formula is C14H23N. The second kappa shape index (κ2) is 2.98. The topological polar surface area (TPSA) is 3.24 Å². The van der Waals surface area contributed by atoms with Crippen molar-refractivity contribution in [1.29, 1.82) is 0 Å². The van der Waals surface area contributed by atoms with E-state index < -0.39 is 0 Å². The number of likely N-dealkylation sites (tertiary alicyclic amines) is 1. The molecule has 0 bridgehead atoms. The molecule has 2 unspecified atom stereocenters. The van der Waals surface area contributed by atoms with Crippen LogP contribution in [-0.4, -0.2) is 24.0 Å². The lowest BCUT2D eigenvalue weighted by atomic mass is 9.66. The van der Waals surface area contributed by atoms with Gasteiger partial charge in [-0.15, -0.1) is 0 Å². The summed E-state index contributed by atoms with van der Waals surface area (Å²) in [5.74, 6) is 0.634. The van der Waals surface area contributed by atoms with Gasteiger partial charge in [0, 0.05) is 12.5 Å². The van der Waals surface area contributed by atoms with Crippen LogP contribution in [0.5, 0.6) is 0 Å². The zero-order valence-electron chi connectivity index (χ0n) is 10.6. The molecule has 2 rings (SSSR count). The third kappa shape index (κ3) is 1.13. The molecule has 0 radical (unpaired) electrons. The van der Waals surface area contributed by atoms with E-state index in [4.69, 9.17) is 0 Å². The van der Waals surface area contributed by atoms with E-state index in [9.17, 15) is 0 Å². The Morgan fingerprint density at radius 2 is 1.93 bits per heavy atom. The monoisotopic (exact) mass is 205 g/mol.